The van der Waals surface area contributed by atoms with Gasteiger partial charge in [-0.3, -0.25) is 0 Å². The maximum absolute atomic E-state index is 9.59. The number of unbranched alkanes of at least 4 members (excludes halogenated alkanes) is 7. The minimum absolute atomic E-state index is 0.287. The molecule has 0 unspecified atom stereocenters. The molecular formula is C14H27ClO. The standard InChI is InChI=1S/C14H27ClO/c1-3-5-6-7-8-9-10-11-12-14(16)13(15)4-2/h4,13-14,16H,2-3,5-12H2,1H3/t13-,14-/m0/s1. The molecule has 0 aliphatic carbocycles. The van der Waals surface area contributed by atoms with Crippen molar-refractivity contribution in [2.45, 2.75) is 76.2 Å². The van der Waals surface area contributed by atoms with Crippen LogP contribution in [0.4, 0.5) is 0 Å². The lowest BCUT2D eigenvalue weighted by molar-refractivity contribution is 0.167. The molecule has 0 aromatic rings. The summed E-state index contributed by atoms with van der Waals surface area (Å²) in [6, 6.07) is 0. The zero-order valence-electron chi connectivity index (χ0n) is 10.6. The molecule has 96 valence electrons. The Morgan fingerprint density at radius 1 is 1.06 bits per heavy atom. The largest absolute Gasteiger partial charge is 0.391 e. The van der Waals surface area contributed by atoms with Crippen molar-refractivity contribution in [1.82, 2.24) is 0 Å². The van der Waals surface area contributed by atoms with Gasteiger partial charge in [-0.2, -0.15) is 0 Å². The maximum Gasteiger partial charge on any atom is 0.0772 e. The molecule has 1 nitrogen and oxygen atoms in total. The molecule has 0 saturated carbocycles. The third kappa shape index (κ3) is 9.23. The average Bonchev–Trinajstić information content (AvgIpc) is 2.31. The molecule has 0 saturated heterocycles. The normalized spacial score (nSPS) is 14.7. The second-order valence-electron chi connectivity index (χ2n) is 4.51. The summed E-state index contributed by atoms with van der Waals surface area (Å²) in [5.41, 5.74) is 0. The van der Waals surface area contributed by atoms with Crippen LogP contribution in [-0.2, 0) is 0 Å². The summed E-state index contributed by atoms with van der Waals surface area (Å²) in [6.07, 6.45) is 12.3. The molecule has 2 heteroatoms. The highest BCUT2D eigenvalue weighted by molar-refractivity contribution is 6.22. The van der Waals surface area contributed by atoms with E-state index in [1.165, 1.54) is 44.9 Å². The van der Waals surface area contributed by atoms with Gasteiger partial charge in [-0.1, -0.05) is 64.4 Å². The van der Waals surface area contributed by atoms with Crippen molar-refractivity contribution in [2.24, 2.45) is 0 Å². The molecule has 0 heterocycles. The molecule has 0 spiro atoms. The van der Waals surface area contributed by atoms with E-state index < -0.39 is 6.10 Å². The SMILES string of the molecule is C=C[C@H](Cl)[C@@H](O)CCCCCCCCCC. The highest BCUT2D eigenvalue weighted by Gasteiger charge is 2.11. The lowest BCUT2D eigenvalue weighted by Crippen LogP contribution is -2.18. The van der Waals surface area contributed by atoms with Crippen LogP contribution in [0.5, 0.6) is 0 Å². The minimum atomic E-state index is -0.417. The van der Waals surface area contributed by atoms with Crippen molar-refractivity contribution in [1.29, 1.82) is 0 Å². The van der Waals surface area contributed by atoms with E-state index in [9.17, 15) is 5.11 Å². The Kier molecular flexibility index (Phi) is 11.5. The number of aliphatic hydroxyl groups is 1. The molecular weight excluding hydrogens is 220 g/mol. The van der Waals surface area contributed by atoms with Crippen LogP contribution < -0.4 is 0 Å². The summed E-state index contributed by atoms with van der Waals surface area (Å²) < 4.78 is 0. The van der Waals surface area contributed by atoms with Crippen molar-refractivity contribution in [3.63, 3.8) is 0 Å². The Morgan fingerprint density at radius 3 is 2.06 bits per heavy atom. The van der Waals surface area contributed by atoms with E-state index in [0.29, 0.717) is 0 Å². The van der Waals surface area contributed by atoms with Crippen molar-refractivity contribution in [3.05, 3.63) is 12.7 Å². The number of hydrogen-bond acceptors (Lipinski definition) is 1. The first-order chi connectivity index (χ1) is 7.72. The van der Waals surface area contributed by atoms with Crippen LogP contribution in [0, 0.1) is 0 Å². The zero-order valence-corrected chi connectivity index (χ0v) is 11.4. The van der Waals surface area contributed by atoms with Gasteiger partial charge in [0.2, 0.25) is 0 Å². The molecule has 0 aromatic heterocycles. The van der Waals surface area contributed by atoms with Crippen molar-refractivity contribution in [2.75, 3.05) is 0 Å². The van der Waals surface area contributed by atoms with E-state index >= 15 is 0 Å². The first kappa shape index (κ1) is 16.0. The summed E-state index contributed by atoms with van der Waals surface area (Å²) in [4.78, 5) is 0. The number of rotatable bonds is 11. The molecule has 16 heavy (non-hydrogen) atoms. The van der Waals surface area contributed by atoms with E-state index in [1.807, 2.05) is 0 Å². The molecule has 1 N–H and O–H groups in total. The van der Waals surface area contributed by atoms with Crippen LogP contribution in [0.15, 0.2) is 12.7 Å². The van der Waals surface area contributed by atoms with E-state index in [0.717, 1.165) is 12.8 Å². The Hall–Kier alpha value is -0.0100. The molecule has 0 radical (unpaired) electrons. The molecule has 0 amide bonds. The van der Waals surface area contributed by atoms with Crippen molar-refractivity contribution >= 4 is 11.6 Å². The first-order valence-corrected chi connectivity index (χ1v) is 7.10. The summed E-state index contributed by atoms with van der Waals surface area (Å²) in [7, 11) is 0. The van der Waals surface area contributed by atoms with Crippen molar-refractivity contribution < 1.29 is 5.11 Å². The van der Waals surface area contributed by atoms with Gasteiger partial charge in [-0.05, 0) is 6.42 Å². The summed E-state index contributed by atoms with van der Waals surface area (Å²) in [5.74, 6) is 0. The predicted molar refractivity (Wildman–Crippen MR) is 73.1 cm³/mol. The van der Waals surface area contributed by atoms with Crippen molar-refractivity contribution in [3.8, 4) is 0 Å². The molecule has 0 fully saturated rings. The Balaban J connectivity index is 3.17. The van der Waals surface area contributed by atoms with Crippen LogP contribution >= 0.6 is 11.6 Å². The van der Waals surface area contributed by atoms with Gasteiger partial charge in [0.15, 0.2) is 0 Å². The Bertz CT molecular complexity index is 159. The molecule has 2 atom stereocenters. The van der Waals surface area contributed by atoms with E-state index in [1.54, 1.807) is 6.08 Å². The van der Waals surface area contributed by atoms with Crippen LogP contribution in [-0.4, -0.2) is 16.6 Å². The van der Waals surface area contributed by atoms with Gasteiger partial charge in [-0.25, -0.2) is 0 Å². The number of halogens is 1. The van der Waals surface area contributed by atoms with Gasteiger partial charge < -0.3 is 5.11 Å². The van der Waals surface area contributed by atoms with Gasteiger partial charge in [-0.15, -0.1) is 18.2 Å². The number of alkyl halides is 1. The Morgan fingerprint density at radius 2 is 1.56 bits per heavy atom. The molecule has 0 aliphatic rings. The molecule has 0 aromatic carbocycles. The monoisotopic (exact) mass is 246 g/mol. The third-order valence-corrected chi connectivity index (χ3v) is 3.42. The highest BCUT2D eigenvalue weighted by Crippen LogP contribution is 2.14. The van der Waals surface area contributed by atoms with Gasteiger partial charge >= 0.3 is 0 Å². The van der Waals surface area contributed by atoms with Crippen LogP contribution in [0.3, 0.4) is 0 Å². The fourth-order valence-electron chi connectivity index (χ4n) is 1.80. The highest BCUT2D eigenvalue weighted by atomic mass is 35.5. The lowest BCUT2D eigenvalue weighted by atomic mass is 10.0. The quantitative estimate of drug-likeness (QED) is 0.319. The average molecular weight is 247 g/mol. The van der Waals surface area contributed by atoms with Crippen LogP contribution in [0.25, 0.3) is 0 Å². The minimum Gasteiger partial charge on any atom is -0.391 e. The number of hydrogen-bond donors (Lipinski definition) is 1. The van der Waals surface area contributed by atoms with Gasteiger partial charge in [0.05, 0.1) is 11.5 Å². The fourth-order valence-corrected chi connectivity index (χ4v) is 1.93. The van der Waals surface area contributed by atoms with Crippen LogP contribution in [0.1, 0.15) is 64.7 Å². The maximum atomic E-state index is 9.59. The lowest BCUT2D eigenvalue weighted by Gasteiger charge is -2.12. The van der Waals surface area contributed by atoms with Crippen LogP contribution in [0.2, 0.25) is 0 Å². The molecule has 0 aliphatic heterocycles. The topological polar surface area (TPSA) is 20.2 Å². The van der Waals surface area contributed by atoms with Gasteiger partial charge in [0, 0.05) is 0 Å². The number of aliphatic hydroxyl groups excluding tert-OH is 1. The van der Waals surface area contributed by atoms with E-state index in [2.05, 4.69) is 13.5 Å². The molecule has 0 rings (SSSR count). The second-order valence-corrected chi connectivity index (χ2v) is 5.01. The fraction of sp³-hybridized carbons (Fsp3) is 0.857. The Labute approximate surface area is 106 Å². The van der Waals surface area contributed by atoms with Gasteiger partial charge in [0.1, 0.15) is 0 Å². The first-order valence-electron chi connectivity index (χ1n) is 6.67. The smallest absolute Gasteiger partial charge is 0.0772 e. The summed E-state index contributed by atoms with van der Waals surface area (Å²) in [5, 5.41) is 9.30. The van der Waals surface area contributed by atoms with E-state index in [-0.39, 0.29) is 5.38 Å². The summed E-state index contributed by atoms with van der Waals surface area (Å²) >= 11 is 5.84. The van der Waals surface area contributed by atoms with Gasteiger partial charge in [0.25, 0.3) is 0 Å². The second kappa shape index (κ2) is 11.5. The molecule has 0 bridgehead atoms. The van der Waals surface area contributed by atoms with E-state index in [4.69, 9.17) is 11.6 Å². The summed E-state index contributed by atoms with van der Waals surface area (Å²) in [6.45, 7) is 5.82. The predicted octanol–water partition coefficient (Wildman–Crippen LogP) is 4.67. The zero-order chi connectivity index (χ0) is 12.2. The third-order valence-electron chi connectivity index (χ3n) is 2.95.